The van der Waals surface area contributed by atoms with E-state index in [4.69, 9.17) is 4.74 Å². The van der Waals surface area contributed by atoms with Gasteiger partial charge in [-0.15, -0.1) is 12.4 Å². The van der Waals surface area contributed by atoms with Crippen molar-refractivity contribution in [2.75, 3.05) is 13.2 Å². The van der Waals surface area contributed by atoms with E-state index in [1.54, 1.807) is 0 Å². The van der Waals surface area contributed by atoms with E-state index in [1.165, 1.54) is 24.3 Å². The SMILES string of the molecule is CC(C)(C)NC[C@@H](O)COc1ccc([N+](=O)[O-])cc1.Cl. The quantitative estimate of drug-likeness (QED) is 0.621. The number of β-amino-alcohol motifs (C(OH)–C–C–N with tert-alkyl or cyclic N) is 1. The zero-order valence-electron chi connectivity index (χ0n) is 11.8. The minimum Gasteiger partial charge on any atom is -0.491 e. The van der Waals surface area contributed by atoms with Crippen LogP contribution in [0.15, 0.2) is 24.3 Å². The van der Waals surface area contributed by atoms with E-state index in [1.807, 2.05) is 20.8 Å². The number of nitro groups is 1. The first kappa shape index (κ1) is 18.6. The van der Waals surface area contributed by atoms with Crippen LogP contribution in [0.4, 0.5) is 5.69 Å². The topological polar surface area (TPSA) is 84.6 Å². The Labute approximate surface area is 124 Å². The number of rotatable bonds is 6. The molecule has 0 radical (unpaired) electrons. The number of ether oxygens (including phenoxy) is 1. The molecule has 1 aromatic rings. The van der Waals surface area contributed by atoms with Crippen molar-refractivity contribution in [2.24, 2.45) is 0 Å². The highest BCUT2D eigenvalue weighted by Crippen LogP contribution is 2.17. The number of hydrogen-bond acceptors (Lipinski definition) is 5. The molecule has 0 spiro atoms. The second kappa shape index (κ2) is 8.04. The molecule has 0 bridgehead atoms. The van der Waals surface area contributed by atoms with Crippen LogP contribution in [0.1, 0.15) is 20.8 Å². The zero-order chi connectivity index (χ0) is 14.5. The molecule has 2 N–H and O–H groups in total. The molecule has 0 unspecified atom stereocenters. The van der Waals surface area contributed by atoms with Gasteiger partial charge < -0.3 is 15.2 Å². The Hall–Kier alpha value is -1.37. The molecular formula is C13H21ClN2O4. The average Bonchev–Trinajstić information content (AvgIpc) is 2.33. The molecule has 0 aliphatic heterocycles. The van der Waals surface area contributed by atoms with Gasteiger partial charge in [0.15, 0.2) is 0 Å². The summed E-state index contributed by atoms with van der Waals surface area (Å²) in [5.41, 5.74) is -0.0452. The predicted octanol–water partition coefficient (Wildman–Crippen LogP) is 2.14. The van der Waals surface area contributed by atoms with Crippen molar-refractivity contribution in [3.05, 3.63) is 34.4 Å². The summed E-state index contributed by atoms with van der Waals surface area (Å²) in [5.74, 6) is 0.500. The molecule has 6 nitrogen and oxygen atoms in total. The summed E-state index contributed by atoms with van der Waals surface area (Å²) >= 11 is 0. The van der Waals surface area contributed by atoms with E-state index in [2.05, 4.69) is 5.32 Å². The number of nitro benzene ring substituents is 1. The molecule has 0 saturated carbocycles. The molecule has 1 rings (SSSR count). The summed E-state index contributed by atoms with van der Waals surface area (Å²) < 4.78 is 5.36. The monoisotopic (exact) mass is 304 g/mol. The van der Waals surface area contributed by atoms with E-state index in [-0.39, 0.29) is 30.2 Å². The molecule has 0 fully saturated rings. The van der Waals surface area contributed by atoms with Gasteiger partial charge in [-0.2, -0.15) is 0 Å². The predicted molar refractivity (Wildman–Crippen MR) is 79.6 cm³/mol. The van der Waals surface area contributed by atoms with Gasteiger partial charge in [-0.3, -0.25) is 10.1 Å². The van der Waals surface area contributed by atoms with Gasteiger partial charge in [0.1, 0.15) is 18.5 Å². The fraction of sp³-hybridized carbons (Fsp3) is 0.538. The van der Waals surface area contributed by atoms with Crippen LogP contribution in [0.25, 0.3) is 0 Å². The summed E-state index contributed by atoms with van der Waals surface area (Å²) in [6.07, 6.45) is -0.630. The third-order valence-electron chi connectivity index (χ3n) is 2.36. The third-order valence-corrected chi connectivity index (χ3v) is 2.36. The molecule has 20 heavy (non-hydrogen) atoms. The molecule has 7 heteroatoms. The second-order valence-corrected chi connectivity index (χ2v) is 5.35. The van der Waals surface area contributed by atoms with Crippen molar-refractivity contribution in [2.45, 2.75) is 32.4 Å². The average molecular weight is 305 g/mol. The summed E-state index contributed by atoms with van der Waals surface area (Å²) in [6, 6.07) is 5.77. The Bertz CT molecular complexity index is 417. The van der Waals surface area contributed by atoms with Crippen LogP contribution in [-0.2, 0) is 0 Å². The van der Waals surface area contributed by atoms with Crippen molar-refractivity contribution < 1.29 is 14.8 Å². The van der Waals surface area contributed by atoms with Crippen LogP contribution in [-0.4, -0.2) is 34.8 Å². The second-order valence-electron chi connectivity index (χ2n) is 5.35. The Morgan fingerprint density at radius 2 is 1.90 bits per heavy atom. The summed E-state index contributed by atoms with van der Waals surface area (Å²) in [6.45, 7) is 6.60. The highest BCUT2D eigenvalue weighted by atomic mass is 35.5. The summed E-state index contributed by atoms with van der Waals surface area (Å²) in [7, 11) is 0. The number of halogens is 1. The van der Waals surface area contributed by atoms with Gasteiger partial charge in [0, 0.05) is 24.2 Å². The third kappa shape index (κ3) is 7.28. The van der Waals surface area contributed by atoms with E-state index in [0.717, 1.165) is 0 Å². The first-order valence-corrected chi connectivity index (χ1v) is 6.08. The van der Waals surface area contributed by atoms with Gasteiger partial charge in [-0.1, -0.05) is 0 Å². The van der Waals surface area contributed by atoms with E-state index in [0.29, 0.717) is 12.3 Å². The van der Waals surface area contributed by atoms with E-state index in [9.17, 15) is 15.2 Å². The maximum atomic E-state index is 10.5. The zero-order valence-corrected chi connectivity index (χ0v) is 12.6. The van der Waals surface area contributed by atoms with Crippen LogP contribution in [0.5, 0.6) is 5.75 Å². The molecule has 0 aliphatic rings. The Morgan fingerprint density at radius 1 is 1.35 bits per heavy atom. The van der Waals surface area contributed by atoms with Crippen LogP contribution in [0, 0.1) is 10.1 Å². The molecular weight excluding hydrogens is 284 g/mol. The lowest BCUT2D eigenvalue weighted by atomic mass is 10.1. The number of non-ortho nitro benzene ring substituents is 1. The van der Waals surface area contributed by atoms with Gasteiger partial charge in [0.25, 0.3) is 5.69 Å². The normalized spacial score (nSPS) is 12.4. The van der Waals surface area contributed by atoms with Crippen molar-refractivity contribution in [3.8, 4) is 5.75 Å². The minimum absolute atomic E-state index is 0. The standard InChI is InChI=1S/C13H20N2O4.ClH/c1-13(2,3)14-8-11(16)9-19-12-6-4-10(5-7-12)15(17)18;/h4-7,11,14,16H,8-9H2,1-3H3;1H/t11-;/m1./s1. The number of aliphatic hydroxyl groups excluding tert-OH is 1. The molecule has 1 atom stereocenters. The Balaban J connectivity index is 0.00000361. The molecule has 0 heterocycles. The Morgan fingerprint density at radius 3 is 2.35 bits per heavy atom. The number of nitrogens with one attached hydrogen (secondary N) is 1. The van der Waals surface area contributed by atoms with Gasteiger partial charge in [-0.25, -0.2) is 0 Å². The lowest BCUT2D eigenvalue weighted by molar-refractivity contribution is -0.384. The highest BCUT2D eigenvalue weighted by Gasteiger charge is 2.12. The lowest BCUT2D eigenvalue weighted by Gasteiger charge is -2.22. The number of benzene rings is 1. The maximum Gasteiger partial charge on any atom is 0.269 e. The first-order chi connectivity index (χ1) is 8.78. The fourth-order valence-electron chi connectivity index (χ4n) is 1.34. The molecule has 0 aliphatic carbocycles. The van der Waals surface area contributed by atoms with Gasteiger partial charge >= 0.3 is 0 Å². The summed E-state index contributed by atoms with van der Waals surface area (Å²) in [5, 5.41) is 23.4. The van der Waals surface area contributed by atoms with Gasteiger partial charge in [0.05, 0.1) is 4.92 Å². The maximum absolute atomic E-state index is 10.5. The lowest BCUT2D eigenvalue weighted by Crippen LogP contribution is -2.42. The van der Waals surface area contributed by atoms with Gasteiger partial charge in [0.2, 0.25) is 0 Å². The number of aliphatic hydroxyl groups is 1. The van der Waals surface area contributed by atoms with E-state index >= 15 is 0 Å². The van der Waals surface area contributed by atoms with Crippen molar-refractivity contribution in [1.29, 1.82) is 0 Å². The van der Waals surface area contributed by atoms with Crippen LogP contribution >= 0.6 is 12.4 Å². The van der Waals surface area contributed by atoms with Gasteiger partial charge in [-0.05, 0) is 32.9 Å². The fourth-order valence-corrected chi connectivity index (χ4v) is 1.34. The van der Waals surface area contributed by atoms with Crippen molar-refractivity contribution >= 4 is 18.1 Å². The molecule has 0 amide bonds. The van der Waals surface area contributed by atoms with Crippen LogP contribution in [0.3, 0.4) is 0 Å². The van der Waals surface area contributed by atoms with Crippen molar-refractivity contribution in [1.82, 2.24) is 5.32 Å². The summed E-state index contributed by atoms with van der Waals surface area (Å²) in [4.78, 5) is 10.0. The Kier molecular flexibility index (Phi) is 7.49. The largest absolute Gasteiger partial charge is 0.491 e. The smallest absolute Gasteiger partial charge is 0.269 e. The molecule has 0 aromatic heterocycles. The number of hydrogen-bond donors (Lipinski definition) is 2. The molecule has 114 valence electrons. The molecule has 1 aromatic carbocycles. The first-order valence-electron chi connectivity index (χ1n) is 6.08. The highest BCUT2D eigenvalue weighted by molar-refractivity contribution is 5.85. The van der Waals surface area contributed by atoms with Crippen LogP contribution in [0.2, 0.25) is 0 Å². The minimum atomic E-state index is -0.630. The van der Waals surface area contributed by atoms with Crippen molar-refractivity contribution in [3.63, 3.8) is 0 Å². The van der Waals surface area contributed by atoms with E-state index < -0.39 is 11.0 Å². The molecule has 0 saturated heterocycles. The number of nitrogens with zero attached hydrogens (tertiary/aromatic N) is 1. The van der Waals surface area contributed by atoms with Crippen LogP contribution < -0.4 is 10.1 Å².